The highest BCUT2D eigenvalue weighted by molar-refractivity contribution is 5.72. The van der Waals surface area contributed by atoms with Gasteiger partial charge in [-0.3, -0.25) is 0 Å². The summed E-state index contributed by atoms with van der Waals surface area (Å²) in [5.74, 6) is 1.79. The molecule has 0 N–H and O–H groups in total. The zero-order chi connectivity index (χ0) is 55.3. The maximum Gasteiger partial charge on any atom is 0.344 e. The lowest BCUT2D eigenvalue weighted by Gasteiger charge is -2.29. The molecule has 11 nitrogen and oxygen atoms in total. The van der Waals surface area contributed by atoms with E-state index in [9.17, 15) is 9.59 Å². The molecule has 0 atom stereocenters. The van der Waals surface area contributed by atoms with Gasteiger partial charge in [-0.05, 0) is 130 Å². The second-order valence-electron chi connectivity index (χ2n) is 26.5. The van der Waals surface area contributed by atoms with Crippen LogP contribution in [-0.2, 0) is 80.6 Å². The van der Waals surface area contributed by atoms with Gasteiger partial charge in [0, 0.05) is 25.7 Å². The minimum absolute atomic E-state index is 0.268. The van der Waals surface area contributed by atoms with Gasteiger partial charge in [0.2, 0.25) is 0 Å². The van der Waals surface area contributed by atoms with Crippen LogP contribution >= 0.6 is 0 Å². The van der Waals surface area contributed by atoms with Gasteiger partial charge in [-0.1, -0.05) is 132 Å². The summed E-state index contributed by atoms with van der Waals surface area (Å²) in [6.07, 6.45) is 1.63. The van der Waals surface area contributed by atoms with Gasteiger partial charge < -0.3 is 42.6 Å². The van der Waals surface area contributed by atoms with E-state index in [-0.39, 0.29) is 48.1 Å². The van der Waals surface area contributed by atoms with Crippen molar-refractivity contribution in [2.24, 2.45) is 0 Å². The molecule has 0 unspecified atom stereocenters. The Bertz CT molecular complexity index is 2360. The highest BCUT2D eigenvalue weighted by Crippen LogP contribution is 2.44. The van der Waals surface area contributed by atoms with Crippen molar-refractivity contribution in [2.75, 3.05) is 66.1 Å². The van der Waals surface area contributed by atoms with Crippen molar-refractivity contribution < 1.29 is 52.2 Å². The summed E-state index contributed by atoms with van der Waals surface area (Å²) in [6, 6.07) is 18.0. The molecule has 4 aromatic carbocycles. The Kier molecular flexibility index (Phi) is 18.7. The van der Waals surface area contributed by atoms with Crippen LogP contribution < -0.4 is 18.9 Å². The highest BCUT2D eigenvalue weighted by Gasteiger charge is 2.31. The fraction of sp³-hybridized carbons (Fsp3) is 0.594. The zero-order valence-electron chi connectivity index (χ0n) is 49.0. The number of hydrogen-bond donors (Lipinski definition) is 0. The molecular weight excluding hydrogens is 945 g/mol. The number of benzene rings is 4. The molecule has 75 heavy (non-hydrogen) atoms. The van der Waals surface area contributed by atoms with Gasteiger partial charge in [-0.25, -0.2) is 9.59 Å². The Morgan fingerprint density at radius 2 is 0.587 bits per heavy atom. The van der Waals surface area contributed by atoms with Gasteiger partial charge in [0.05, 0.1) is 39.6 Å². The van der Waals surface area contributed by atoms with Crippen LogP contribution in [0.15, 0.2) is 48.5 Å². The fourth-order valence-corrected chi connectivity index (χ4v) is 9.31. The molecule has 10 bridgehead atoms. The topological polar surface area (TPSA) is 117 Å². The molecule has 0 radical (unpaired) electrons. The van der Waals surface area contributed by atoms with E-state index >= 15 is 0 Å². The first-order valence-corrected chi connectivity index (χ1v) is 27.1. The van der Waals surface area contributed by atoms with Crippen LogP contribution in [0.5, 0.6) is 23.0 Å². The van der Waals surface area contributed by atoms with E-state index in [4.69, 9.17) is 42.6 Å². The quantitative estimate of drug-likeness (QED) is 0.151. The van der Waals surface area contributed by atoms with Crippen molar-refractivity contribution in [2.45, 2.75) is 183 Å². The molecule has 0 saturated carbocycles. The number of rotatable bonds is 6. The average molecular weight is 1040 g/mol. The third kappa shape index (κ3) is 16.9. The molecule has 0 aromatic heterocycles. The van der Waals surface area contributed by atoms with E-state index in [2.05, 4.69) is 132 Å². The molecule has 0 fully saturated rings. The van der Waals surface area contributed by atoms with Gasteiger partial charge in [0.15, 0.2) is 13.2 Å². The van der Waals surface area contributed by atoms with Gasteiger partial charge >= 0.3 is 11.9 Å². The highest BCUT2D eigenvalue weighted by atomic mass is 16.6. The predicted molar refractivity (Wildman–Crippen MR) is 298 cm³/mol. The molecule has 1 heterocycles. The van der Waals surface area contributed by atoms with Crippen LogP contribution in [0.2, 0.25) is 0 Å². The lowest BCUT2D eigenvalue weighted by atomic mass is 9.79. The summed E-state index contributed by atoms with van der Waals surface area (Å²) >= 11 is 0. The van der Waals surface area contributed by atoms with E-state index in [1.807, 2.05) is 41.5 Å². The molecule has 412 valence electrons. The largest absolute Gasteiger partial charge is 0.491 e. The average Bonchev–Trinajstić information content (AvgIpc) is 3.25. The SMILES string of the molecule is CC(C)(C)OC(=O)COc1c2cc(C(C)(C)C)cc1Cc1cc(C(C)(C)C)cc3c1OCCOCCOCCOCCOc1c(cc(C(C)(C)C)cc1Cc1cc(C(C)(C)C)cc(c1OCC(=O)OC(C)(C)C)C3)C2. The smallest absolute Gasteiger partial charge is 0.344 e. The summed E-state index contributed by atoms with van der Waals surface area (Å²) in [6.45, 7) is 40.2. The Morgan fingerprint density at radius 1 is 0.360 bits per heavy atom. The van der Waals surface area contributed by atoms with E-state index < -0.39 is 23.1 Å². The van der Waals surface area contributed by atoms with Crippen LogP contribution in [0.3, 0.4) is 0 Å². The summed E-state index contributed by atoms with van der Waals surface area (Å²) < 4.78 is 57.6. The van der Waals surface area contributed by atoms with Crippen molar-refractivity contribution in [3.05, 3.63) is 115 Å². The van der Waals surface area contributed by atoms with Gasteiger partial charge in [0.1, 0.15) is 47.4 Å². The van der Waals surface area contributed by atoms with Crippen LogP contribution in [-0.4, -0.2) is 89.2 Å². The molecule has 1 aliphatic heterocycles. The number of carbonyl (C=O) groups excluding carboxylic acids is 2. The van der Waals surface area contributed by atoms with Gasteiger partial charge in [-0.2, -0.15) is 0 Å². The van der Waals surface area contributed by atoms with E-state index in [1.165, 1.54) is 0 Å². The summed E-state index contributed by atoms with van der Waals surface area (Å²) in [5, 5.41) is 0. The molecule has 11 heteroatoms. The molecule has 0 saturated heterocycles. The number of carbonyl (C=O) groups is 2. The molecule has 0 amide bonds. The first-order valence-electron chi connectivity index (χ1n) is 27.1. The van der Waals surface area contributed by atoms with Crippen molar-refractivity contribution in [1.29, 1.82) is 0 Å². The standard InChI is InChI=1S/C64H90O11/c1-59(2,3)49-31-41-27-45-35-51(61(7,8)9)37-47(57(45)72-39-53(65)74-63(13,14)15)29-43-33-50(60(4,5)6)34-44-30-48-38-52(62(10,11)12)36-46(58(48)73-40-54(66)75-64(16,17)18)28-42(32-49)55(41)70-25-23-68-21-19-67-20-22-69-24-26-71-56(43)44/h31-38H,19-30,39-40H2,1-18H3. The first-order chi connectivity index (χ1) is 34.7. The predicted octanol–water partition coefficient (Wildman–Crippen LogP) is 12.8. The maximum absolute atomic E-state index is 13.7. The van der Waals surface area contributed by atoms with E-state index in [0.29, 0.717) is 76.8 Å². The Balaban J connectivity index is 1.79. The van der Waals surface area contributed by atoms with E-state index in [0.717, 1.165) is 78.3 Å². The second kappa shape index (κ2) is 23.6. The van der Waals surface area contributed by atoms with Crippen LogP contribution in [0.1, 0.15) is 191 Å². The Labute approximate surface area is 450 Å². The normalized spacial score (nSPS) is 15.8. The summed E-state index contributed by atoms with van der Waals surface area (Å²) in [7, 11) is 0. The van der Waals surface area contributed by atoms with Crippen molar-refractivity contribution in [1.82, 2.24) is 0 Å². The third-order valence-electron chi connectivity index (χ3n) is 13.2. The lowest BCUT2D eigenvalue weighted by molar-refractivity contribution is -0.158. The molecule has 2 aliphatic rings. The minimum atomic E-state index is -0.703. The van der Waals surface area contributed by atoms with Crippen LogP contribution in [0.4, 0.5) is 0 Å². The molecule has 6 rings (SSSR count). The third-order valence-corrected chi connectivity index (χ3v) is 13.2. The zero-order valence-corrected chi connectivity index (χ0v) is 49.0. The maximum atomic E-state index is 13.7. The van der Waals surface area contributed by atoms with Crippen molar-refractivity contribution >= 4 is 11.9 Å². The van der Waals surface area contributed by atoms with Gasteiger partial charge in [-0.15, -0.1) is 0 Å². The van der Waals surface area contributed by atoms with Crippen LogP contribution in [0.25, 0.3) is 0 Å². The second-order valence-corrected chi connectivity index (χ2v) is 26.5. The minimum Gasteiger partial charge on any atom is -0.491 e. The van der Waals surface area contributed by atoms with Crippen LogP contribution in [0, 0.1) is 0 Å². The monoisotopic (exact) mass is 1030 g/mol. The molecule has 4 aromatic rings. The number of hydrogen-bond acceptors (Lipinski definition) is 11. The lowest BCUT2D eigenvalue weighted by Crippen LogP contribution is -2.28. The number of esters is 2. The Morgan fingerprint density at radius 3 is 0.813 bits per heavy atom. The molecule has 0 spiro atoms. The van der Waals surface area contributed by atoms with E-state index in [1.54, 1.807) is 0 Å². The summed E-state index contributed by atoms with van der Waals surface area (Å²) in [5.41, 5.74) is 9.47. The number of fused-ring (bicyclic) bond motifs is 2. The van der Waals surface area contributed by atoms with Crippen molar-refractivity contribution in [3.8, 4) is 23.0 Å². The number of ether oxygens (including phenoxy) is 9. The molecule has 1 aliphatic carbocycles. The van der Waals surface area contributed by atoms with Gasteiger partial charge in [0.25, 0.3) is 0 Å². The Hall–Kier alpha value is -5.10. The first kappa shape index (κ1) is 59.1. The fourth-order valence-electron chi connectivity index (χ4n) is 9.31. The van der Waals surface area contributed by atoms with Crippen molar-refractivity contribution in [3.63, 3.8) is 0 Å². The summed E-state index contributed by atoms with van der Waals surface area (Å²) in [4.78, 5) is 27.3. The molecular formula is C64H90O11.